The molecule has 3 heterocycles. The van der Waals surface area contributed by atoms with Gasteiger partial charge in [-0.25, -0.2) is 18.2 Å². The average molecular weight is 583 g/mol. The number of hydrogen-bond donors (Lipinski definition) is 1. The topological polar surface area (TPSA) is 119 Å². The molecule has 0 spiro atoms. The molecule has 5 rings (SSSR count). The van der Waals surface area contributed by atoms with Gasteiger partial charge in [-0.15, -0.1) is 0 Å². The maximum absolute atomic E-state index is 14.2. The van der Waals surface area contributed by atoms with Crippen LogP contribution in [0.5, 0.6) is 0 Å². The first-order valence-corrected chi connectivity index (χ1v) is 13.0. The van der Waals surface area contributed by atoms with Crippen molar-refractivity contribution in [2.45, 2.75) is 49.7 Å². The minimum absolute atomic E-state index is 0.00934. The zero-order chi connectivity index (χ0) is 29.3. The Morgan fingerprint density at radius 2 is 1.95 bits per heavy atom. The first-order chi connectivity index (χ1) is 19.6. The second kappa shape index (κ2) is 11.2. The molecule has 13 heteroatoms. The van der Waals surface area contributed by atoms with Gasteiger partial charge in [0.05, 0.1) is 29.7 Å². The highest BCUT2D eigenvalue weighted by molar-refractivity contribution is 6.31. The predicted molar refractivity (Wildman–Crippen MR) is 140 cm³/mol. The van der Waals surface area contributed by atoms with Crippen LogP contribution >= 0.6 is 11.6 Å². The molecular weight excluding hydrogens is 561 g/mol. The summed E-state index contributed by atoms with van der Waals surface area (Å²) < 4.78 is 41.2. The van der Waals surface area contributed by atoms with E-state index in [1.54, 1.807) is 12.1 Å². The number of anilines is 2. The fourth-order valence-corrected chi connectivity index (χ4v) is 5.32. The van der Waals surface area contributed by atoms with Gasteiger partial charge in [0, 0.05) is 48.2 Å². The number of carbonyl (C=O) groups excluding carboxylic acids is 3. The van der Waals surface area contributed by atoms with Crippen molar-refractivity contribution in [2.75, 3.05) is 4.90 Å². The van der Waals surface area contributed by atoms with Crippen LogP contribution in [0.1, 0.15) is 42.9 Å². The Kier molecular flexibility index (Phi) is 7.64. The van der Waals surface area contributed by atoms with Crippen LogP contribution in [0.15, 0.2) is 61.1 Å². The van der Waals surface area contributed by atoms with E-state index in [-0.39, 0.29) is 40.5 Å². The quantitative estimate of drug-likeness (QED) is 0.440. The summed E-state index contributed by atoms with van der Waals surface area (Å²) in [6, 6.07) is 8.47. The number of alkyl halides is 2. The zero-order valence-electron chi connectivity index (χ0n) is 21.3. The second-order valence-corrected chi connectivity index (χ2v) is 10.2. The van der Waals surface area contributed by atoms with Gasteiger partial charge >= 0.3 is 0 Å². The van der Waals surface area contributed by atoms with Crippen molar-refractivity contribution < 1.29 is 27.6 Å². The molecule has 1 aliphatic heterocycles. The summed E-state index contributed by atoms with van der Waals surface area (Å²) in [6.07, 6.45) is 2.25. The largest absolute Gasteiger partial charge is 0.351 e. The van der Waals surface area contributed by atoms with Crippen LogP contribution in [0.25, 0.3) is 0 Å². The van der Waals surface area contributed by atoms with Crippen LogP contribution in [-0.4, -0.2) is 50.6 Å². The van der Waals surface area contributed by atoms with Gasteiger partial charge in [0.1, 0.15) is 23.7 Å². The lowest BCUT2D eigenvalue weighted by atomic mass is 9.87. The highest BCUT2D eigenvalue weighted by atomic mass is 35.5. The number of hydrogen-bond acceptors (Lipinski definition) is 6. The molecule has 3 aromatic rings. The van der Waals surface area contributed by atoms with Crippen LogP contribution < -0.4 is 10.2 Å². The molecule has 9 nitrogen and oxygen atoms in total. The van der Waals surface area contributed by atoms with Crippen molar-refractivity contribution in [1.29, 1.82) is 5.26 Å². The highest BCUT2D eigenvalue weighted by Crippen LogP contribution is 2.40. The number of amides is 3. The molecule has 1 saturated heterocycles. The van der Waals surface area contributed by atoms with Gasteiger partial charge in [0.25, 0.3) is 11.8 Å². The smallest absolute Gasteiger partial charge is 0.255 e. The van der Waals surface area contributed by atoms with E-state index in [4.69, 9.17) is 11.6 Å². The van der Waals surface area contributed by atoms with Crippen molar-refractivity contribution in [2.24, 2.45) is 0 Å². The summed E-state index contributed by atoms with van der Waals surface area (Å²) in [4.78, 5) is 51.3. The highest BCUT2D eigenvalue weighted by Gasteiger charge is 2.49. The SMILES string of the molecule is N#Cc1ccnc(N(C(=O)C2CCC(=O)N2[C@H](C(=O)NC2CC(F)(F)C2)c2ccccc2Cl)c2cncc(F)c2)c1. The van der Waals surface area contributed by atoms with E-state index in [0.29, 0.717) is 0 Å². The number of nitriles is 1. The van der Waals surface area contributed by atoms with Gasteiger partial charge in [-0.3, -0.25) is 24.3 Å². The summed E-state index contributed by atoms with van der Waals surface area (Å²) >= 11 is 6.43. The number of pyridine rings is 2. The number of likely N-dealkylation sites (tertiary alicyclic amines) is 1. The van der Waals surface area contributed by atoms with Crippen molar-refractivity contribution in [3.8, 4) is 6.07 Å². The molecule has 210 valence electrons. The Bertz CT molecular complexity index is 1560. The lowest BCUT2D eigenvalue weighted by Gasteiger charge is -2.39. The fourth-order valence-electron chi connectivity index (χ4n) is 5.08. The van der Waals surface area contributed by atoms with E-state index in [9.17, 15) is 32.8 Å². The number of carbonyl (C=O) groups is 3. The molecule has 2 aliphatic rings. The Balaban J connectivity index is 1.56. The van der Waals surface area contributed by atoms with Gasteiger partial charge in [0.15, 0.2) is 0 Å². The van der Waals surface area contributed by atoms with Crippen molar-refractivity contribution in [3.05, 3.63) is 83.0 Å². The Hall–Kier alpha value is -4.50. The number of nitrogens with one attached hydrogen (secondary N) is 1. The minimum atomic E-state index is -2.90. The molecule has 0 bridgehead atoms. The molecule has 2 atom stereocenters. The van der Waals surface area contributed by atoms with Gasteiger partial charge in [-0.05, 0) is 24.6 Å². The van der Waals surface area contributed by atoms with Crippen LogP contribution in [0.2, 0.25) is 5.02 Å². The van der Waals surface area contributed by atoms with Crippen molar-refractivity contribution in [1.82, 2.24) is 20.2 Å². The third-order valence-electron chi connectivity index (χ3n) is 6.98. The van der Waals surface area contributed by atoms with E-state index in [1.165, 1.54) is 36.7 Å². The average Bonchev–Trinajstić information content (AvgIpc) is 3.30. The van der Waals surface area contributed by atoms with Crippen LogP contribution in [0, 0.1) is 17.1 Å². The number of benzene rings is 1. The molecular formula is C28H22ClF3N6O3. The fraction of sp³-hybridized carbons (Fsp3) is 0.286. The molecule has 3 amide bonds. The lowest BCUT2D eigenvalue weighted by molar-refractivity contribution is -0.145. The standard InChI is InChI=1S/C28H22ClF3N6O3/c29-21-4-2-1-3-20(21)25(26(40)36-18-11-28(31,32)12-18)38-22(5-6-24(38)39)27(41)37(19-10-17(30)14-34-15-19)23-9-16(13-33)7-8-35-23/h1-4,7-10,14-15,18,22,25H,5-6,11-12H2,(H,36,40)/t22?,25-/m0/s1. The number of nitrogens with zero attached hydrogens (tertiary/aromatic N) is 5. The third-order valence-corrected chi connectivity index (χ3v) is 7.32. The van der Waals surface area contributed by atoms with Crippen LogP contribution in [0.3, 0.4) is 0 Å². The normalized spacial score (nSPS) is 18.8. The van der Waals surface area contributed by atoms with Crippen LogP contribution in [0.4, 0.5) is 24.7 Å². The minimum Gasteiger partial charge on any atom is -0.351 e. The first-order valence-electron chi connectivity index (χ1n) is 12.6. The van der Waals surface area contributed by atoms with Crippen molar-refractivity contribution >= 4 is 40.8 Å². The molecule has 2 fully saturated rings. The van der Waals surface area contributed by atoms with E-state index >= 15 is 0 Å². The zero-order valence-corrected chi connectivity index (χ0v) is 22.1. The monoisotopic (exact) mass is 582 g/mol. The summed E-state index contributed by atoms with van der Waals surface area (Å²) in [5.41, 5.74) is 0.351. The Morgan fingerprint density at radius 3 is 2.63 bits per heavy atom. The van der Waals surface area contributed by atoms with E-state index in [2.05, 4.69) is 15.3 Å². The van der Waals surface area contributed by atoms with E-state index in [1.807, 2.05) is 6.07 Å². The van der Waals surface area contributed by atoms with Crippen molar-refractivity contribution in [3.63, 3.8) is 0 Å². The third kappa shape index (κ3) is 5.71. The number of halogens is 4. The number of rotatable bonds is 7. The molecule has 2 aromatic heterocycles. The molecule has 1 aliphatic carbocycles. The van der Waals surface area contributed by atoms with Gasteiger partial charge in [-0.2, -0.15) is 5.26 Å². The Morgan fingerprint density at radius 1 is 1.20 bits per heavy atom. The van der Waals surface area contributed by atoms with Gasteiger partial charge in [0.2, 0.25) is 11.8 Å². The van der Waals surface area contributed by atoms with Gasteiger partial charge < -0.3 is 10.2 Å². The summed E-state index contributed by atoms with van der Waals surface area (Å²) in [5.74, 6) is -5.73. The molecule has 1 saturated carbocycles. The summed E-state index contributed by atoms with van der Waals surface area (Å²) in [7, 11) is 0. The summed E-state index contributed by atoms with van der Waals surface area (Å²) in [6.45, 7) is 0. The Labute approximate surface area is 237 Å². The second-order valence-electron chi connectivity index (χ2n) is 9.80. The molecule has 1 unspecified atom stereocenters. The van der Waals surface area contributed by atoms with E-state index < -0.39 is 60.4 Å². The van der Waals surface area contributed by atoms with Crippen LogP contribution in [-0.2, 0) is 14.4 Å². The molecule has 1 N–H and O–H groups in total. The lowest BCUT2D eigenvalue weighted by Crippen LogP contribution is -2.55. The molecule has 1 aromatic carbocycles. The first kappa shape index (κ1) is 28.0. The predicted octanol–water partition coefficient (Wildman–Crippen LogP) is 4.45. The molecule has 0 radical (unpaired) electrons. The van der Waals surface area contributed by atoms with Gasteiger partial charge in [-0.1, -0.05) is 29.8 Å². The number of aromatic nitrogens is 2. The maximum atomic E-state index is 14.2. The van der Waals surface area contributed by atoms with E-state index in [0.717, 1.165) is 22.1 Å². The molecule has 41 heavy (non-hydrogen) atoms. The summed E-state index contributed by atoms with van der Waals surface area (Å²) in [5, 5.41) is 12.1. The maximum Gasteiger partial charge on any atom is 0.255 e.